The van der Waals surface area contributed by atoms with Crippen LogP contribution >= 0.6 is 0 Å². The fourth-order valence-electron chi connectivity index (χ4n) is 6.42. The van der Waals surface area contributed by atoms with E-state index >= 15 is 0 Å². The summed E-state index contributed by atoms with van der Waals surface area (Å²) in [7, 11) is 0. The number of piperidine rings is 1. The van der Waals surface area contributed by atoms with E-state index < -0.39 is 0 Å². The molecule has 14 heteroatoms. The molecule has 4 aromatic rings. The third-order valence-corrected chi connectivity index (χ3v) is 8.18. The summed E-state index contributed by atoms with van der Waals surface area (Å²) in [5.41, 5.74) is 12.6. The molecule has 1 unspecified atom stereocenters. The molecule has 3 aliphatic rings. The van der Waals surface area contributed by atoms with Gasteiger partial charge in [-0.25, -0.2) is 25.4 Å². The van der Waals surface area contributed by atoms with Gasteiger partial charge >= 0.3 is 0 Å². The number of H-pyrrole nitrogens is 1. The lowest BCUT2D eigenvalue weighted by Crippen LogP contribution is -2.46. The minimum atomic E-state index is -0.180. The average molecular weight is 542 g/mol. The molecule has 204 valence electrons. The fourth-order valence-corrected chi connectivity index (χ4v) is 6.42. The van der Waals surface area contributed by atoms with E-state index in [-0.39, 0.29) is 47.2 Å². The Kier molecular flexibility index (Phi) is 5.59. The van der Waals surface area contributed by atoms with Crippen LogP contribution < -0.4 is 16.2 Å². The van der Waals surface area contributed by atoms with Crippen LogP contribution in [0.5, 0.6) is 0 Å². The zero-order chi connectivity index (χ0) is 27.5. The molecule has 2 bridgehead atoms. The smallest absolute Gasteiger partial charge is 0.291 e. The van der Waals surface area contributed by atoms with Gasteiger partial charge in [0.25, 0.3) is 5.91 Å². The standard InChI is InChI=1S/C26H27N11O3/c1-13(38)21-22(15-8-16-3-4-17(9-15)35(16)26(40)24-29-12-30-34-24)33-25-18(11-32-37(25)23(21)27)14-2-5-19(28-10-14)36-20(39)6-7-31-36/h2,5,10-12,15-17,31H,3-4,6-9,27H2,1H3,(H,29,30,34)/t15?,16-,17+. The van der Waals surface area contributed by atoms with E-state index in [4.69, 9.17) is 10.7 Å². The number of hydrogen-bond acceptors (Lipinski definition) is 10. The van der Waals surface area contributed by atoms with Crippen molar-refractivity contribution in [2.24, 2.45) is 0 Å². The van der Waals surface area contributed by atoms with Crippen LogP contribution in [0.2, 0.25) is 0 Å². The van der Waals surface area contributed by atoms with Crippen molar-refractivity contribution in [2.75, 3.05) is 17.3 Å². The highest BCUT2D eigenvalue weighted by Gasteiger charge is 2.45. The van der Waals surface area contributed by atoms with Crippen LogP contribution in [0, 0.1) is 0 Å². The molecule has 0 saturated carbocycles. The molecule has 40 heavy (non-hydrogen) atoms. The molecule has 14 nitrogen and oxygen atoms in total. The van der Waals surface area contributed by atoms with E-state index in [0.29, 0.717) is 54.1 Å². The number of aromatic nitrogens is 7. The fraction of sp³-hybridized carbons (Fsp3) is 0.385. The number of amides is 2. The van der Waals surface area contributed by atoms with Gasteiger partial charge in [0.1, 0.15) is 18.0 Å². The number of nitrogens with zero attached hydrogens (tertiary/aromatic N) is 8. The van der Waals surface area contributed by atoms with Crippen molar-refractivity contribution in [3.8, 4) is 11.1 Å². The molecule has 0 radical (unpaired) electrons. The van der Waals surface area contributed by atoms with Crippen molar-refractivity contribution in [2.45, 2.75) is 57.0 Å². The second kappa shape index (κ2) is 9.19. The zero-order valence-electron chi connectivity index (χ0n) is 21.7. The Labute approximate surface area is 227 Å². The van der Waals surface area contributed by atoms with Crippen LogP contribution in [-0.2, 0) is 4.79 Å². The van der Waals surface area contributed by atoms with Crippen LogP contribution in [0.3, 0.4) is 0 Å². The number of carbonyl (C=O) groups excluding carboxylic acids is 3. The molecule has 0 spiro atoms. The molecule has 3 atom stereocenters. The molecule has 0 aromatic carbocycles. The van der Waals surface area contributed by atoms with E-state index in [0.717, 1.165) is 18.4 Å². The molecular formula is C26H27N11O3. The van der Waals surface area contributed by atoms with Crippen LogP contribution in [0.15, 0.2) is 30.9 Å². The number of Topliss-reactive ketones (excluding diaryl/α,β-unsaturated/α-hetero) is 1. The lowest BCUT2D eigenvalue weighted by Gasteiger charge is -2.38. The molecule has 7 rings (SSSR count). The van der Waals surface area contributed by atoms with Crippen molar-refractivity contribution in [3.05, 3.63) is 47.9 Å². The molecule has 7 heterocycles. The number of aromatic amines is 1. The highest BCUT2D eigenvalue weighted by atomic mass is 16.2. The Balaban J connectivity index is 1.25. The summed E-state index contributed by atoms with van der Waals surface area (Å²) in [4.78, 5) is 53.5. The molecule has 0 aliphatic carbocycles. The predicted molar refractivity (Wildman–Crippen MR) is 142 cm³/mol. The van der Waals surface area contributed by atoms with Gasteiger partial charge in [-0.2, -0.15) is 14.7 Å². The average Bonchev–Trinajstić information content (AvgIpc) is 3.75. The maximum Gasteiger partial charge on any atom is 0.291 e. The van der Waals surface area contributed by atoms with E-state index in [1.165, 1.54) is 22.8 Å². The number of hydrogen-bond donors (Lipinski definition) is 3. The molecule has 2 amide bonds. The second-order valence-electron chi connectivity index (χ2n) is 10.5. The van der Waals surface area contributed by atoms with Gasteiger partial charge in [-0.1, -0.05) is 0 Å². The number of nitrogens with one attached hydrogen (secondary N) is 2. The van der Waals surface area contributed by atoms with Crippen molar-refractivity contribution in [3.63, 3.8) is 0 Å². The van der Waals surface area contributed by atoms with Gasteiger partial charge in [0.15, 0.2) is 11.4 Å². The first-order valence-electron chi connectivity index (χ1n) is 13.3. The number of nitrogen functional groups attached to an aromatic ring is 1. The number of rotatable bonds is 5. The molecule has 3 saturated heterocycles. The van der Waals surface area contributed by atoms with Gasteiger partial charge in [0.05, 0.1) is 17.5 Å². The van der Waals surface area contributed by atoms with Gasteiger partial charge in [0.2, 0.25) is 11.7 Å². The molecular weight excluding hydrogens is 514 g/mol. The number of hydrazine groups is 1. The van der Waals surface area contributed by atoms with E-state index in [1.807, 2.05) is 11.0 Å². The maximum atomic E-state index is 13.1. The lowest BCUT2D eigenvalue weighted by molar-refractivity contribution is -0.117. The van der Waals surface area contributed by atoms with Crippen LogP contribution in [0.25, 0.3) is 16.8 Å². The third-order valence-electron chi connectivity index (χ3n) is 8.18. The third kappa shape index (κ3) is 3.74. The zero-order valence-corrected chi connectivity index (χ0v) is 21.7. The van der Waals surface area contributed by atoms with E-state index in [9.17, 15) is 14.4 Å². The summed E-state index contributed by atoms with van der Waals surface area (Å²) in [6.07, 6.45) is 8.16. The Morgan fingerprint density at radius 3 is 2.52 bits per heavy atom. The van der Waals surface area contributed by atoms with Crippen LogP contribution in [-0.4, -0.2) is 75.9 Å². The van der Waals surface area contributed by atoms with Crippen molar-refractivity contribution >= 4 is 34.9 Å². The number of ketones is 1. The van der Waals surface area contributed by atoms with E-state index in [2.05, 4.69) is 30.7 Å². The number of anilines is 2. The minimum Gasteiger partial charge on any atom is -0.383 e. The molecule has 4 aromatic heterocycles. The number of nitrogens with two attached hydrogens (primary N) is 1. The molecule has 4 N–H and O–H groups in total. The predicted octanol–water partition coefficient (Wildman–Crippen LogP) is 1.49. The second-order valence-corrected chi connectivity index (χ2v) is 10.5. The summed E-state index contributed by atoms with van der Waals surface area (Å²) in [5.74, 6) is 0.558. The van der Waals surface area contributed by atoms with Gasteiger partial charge in [0, 0.05) is 48.3 Å². The Hall–Kier alpha value is -4.72. The normalized spacial score (nSPS) is 22.4. The van der Waals surface area contributed by atoms with Crippen LogP contribution in [0.4, 0.5) is 11.6 Å². The summed E-state index contributed by atoms with van der Waals surface area (Å²) >= 11 is 0. The highest BCUT2D eigenvalue weighted by Crippen LogP contribution is 2.45. The minimum absolute atomic E-state index is 0.00319. The van der Waals surface area contributed by atoms with Crippen molar-refractivity contribution in [1.82, 2.24) is 45.1 Å². The SMILES string of the molecule is CC(=O)c1c(C2C[C@H]3CC[C@@H](C2)N3C(=O)c2ncn[nH]2)nc2c(-c3ccc(N4NCCC4=O)nc3)cnn2c1N. The topological polar surface area (TPSA) is 180 Å². The van der Waals surface area contributed by atoms with Gasteiger partial charge in [-0.15, -0.1) is 0 Å². The quantitative estimate of drug-likeness (QED) is 0.313. The summed E-state index contributed by atoms with van der Waals surface area (Å²) in [6, 6.07) is 3.63. The summed E-state index contributed by atoms with van der Waals surface area (Å²) in [5, 5.41) is 12.4. The van der Waals surface area contributed by atoms with Crippen molar-refractivity contribution in [1.29, 1.82) is 0 Å². The maximum absolute atomic E-state index is 13.1. The van der Waals surface area contributed by atoms with Crippen LogP contribution in [0.1, 0.15) is 71.6 Å². The first-order chi connectivity index (χ1) is 19.4. The van der Waals surface area contributed by atoms with Gasteiger partial charge in [-0.05, 0) is 44.7 Å². The van der Waals surface area contributed by atoms with Gasteiger partial charge in [-0.3, -0.25) is 19.5 Å². The molecule has 3 aliphatic heterocycles. The lowest BCUT2D eigenvalue weighted by atomic mass is 9.85. The molecule has 3 fully saturated rings. The number of pyridine rings is 1. The number of fused-ring (bicyclic) bond motifs is 3. The van der Waals surface area contributed by atoms with E-state index in [1.54, 1.807) is 18.5 Å². The first kappa shape index (κ1) is 24.3. The monoisotopic (exact) mass is 541 g/mol. The number of carbonyl (C=O) groups is 3. The van der Waals surface area contributed by atoms with Crippen molar-refractivity contribution < 1.29 is 14.4 Å². The summed E-state index contributed by atoms with van der Waals surface area (Å²) in [6.45, 7) is 2.07. The van der Waals surface area contributed by atoms with Gasteiger partial charge < -0.3 is 10.6 Å². The largest absolute Gasteiger partial charge is 0.383 e. The summed E-state index contributed by atoms with van der Waals surface area (Å²) < 4.78 is 1.49. The Bertz CT molecular complexity index is 1630. The highest BCUT2D eigenvalue weighted by molar-refractivity contribution is 6.00. The Morgan fingerprint density at radius 2 is 1.90 bits per heavy atom. The Morgan fingerprint density at radius 1 is 1.10 bits per heavy atom. The first-order valence-corrected chi connectivity index (χ1v) is 13.3.